The zero-order chi connectivity index (χ0) is 14.5. The molecule has 1 aliphatic heterocycles. The Morgan fingerprint density at radius 2 is 2.15 bits per heavy atom. The van der Waals surface area contributed by atoms with Gasteiger partial charge in [-0.1, -0.05) is 13.8 Å². The van der Waals surface area contributed by atoms with Gasteiger partial charge >= 0.3 is 0 Å². The minimum absolute atomic E-state index is 0.676. The summed E-state index contributed by atoms with van der Waals surface area (Å²) in [6, 6.07) is 0. The summed E-state index contributed by atoms with van der Waals surface area (Å²) in [4.78, 5) is 11.9. The number of nitrogens with one attached hydrogen (secondary N) is 1. The zero-order valence-electron chi connectivity index (χ0n) is 13.1. The molecule has 2 heterocycles. The normalized spacial score (nSPS) is 19.2. The molecule has 1 atom stereocenters. The van der Waals surface area contributed by atoms with Crippen LogP contribution >= 0.6 is 11.8 Å². The fourth-order valence-electron chi connectivity index (χ4n) is 2.54. The Balaban J connectivity index is 2.33. The molecule has 2 rings (SSSR count). The Bertz CT molecular complexity index is 450. The second-order valence-corrected chi connectivity index (χ2v) is 6.89. The van der Waals surface area contributed by atoms with E-state index in [9.17, 15) is 0 Å². The fourth-order valence-corrected chi connectivity index (χ4v) is 3.56. The first-order chi connectivity index (χ1) is 9.65. The fraction of sp³-hybridized carbons (Fsp3) is 0.733. The number of thioether (sulfide) groups is 1. The lowest BCUT2D eigenvalue weighted by Gasteiger charge is -2.33. The molecular weight excluding hydrogens is 268 g/mol. The molecule has 1 saturated heterocycles. The van der Waals surface area contributed by atoms with Crippen LogP contribution in [0.2, 0.25) is 0 Å². The molecular formula is C15H26N4S. The van der Waals surface area contributed by atoms with Gasteiger partial charge in [-0.05, 0) is 20.3 Å². The van der Waals surface area contributed by atoms with Crippen molar-refractivity contribution in [3.05, 3.63) is 11.4 Å². The maximum atomic E-state index is 4.83. The molecule has 0 spiro atoms. The third kappa shape index (κ3) is 3.57. The number of aryl methyl sites for hydroxylation is 1. The molecule has 0 amide bonds. The molecule has 4 nitrogen and oxygen atoms in total. The van der Waals surface area contributed by atoms with Gasteiger partial charge in [0.2, 0.25) is 0 Å². The quantitative estimate of drug-likeness (QED) is 0.903. The average molecular weight is 294 g/mol. The molecule has 1 unspecified atom stereocenters. The van der Waals surface area contributed by atoms with Crippen molar-refractivity contribution in [1.29, 1.82) is 0 Å². The van der Waals surface area contributed by atoms with Crippen molar-refractivity contribution in [3.8, 4) is 0 Å². The summed E-state index contributed by atoms with van der Waals surface area (Å²) in [5.41, 5.74) is 1.19. The number of nitrogens with zero attached hydrogens (tertiary/aromatic N) is 3. The molecule has 5 heteroatoms. The SMILES string of the molecule is CCCc1nc(NCC)c(C)c(N2CCSC(C)C2)n1. The minimum atomic E-state index is 0.676. The Morgan fingerprint density at radius 1 is 1.35 bits per heavy atom. The van der Waals surface area contributed by atoms with E-state index >= 15 is 0 Å². The van der Waals surface area contributed by atoms with Gasteiger partial charge in [0.15, 0.2) is 0 Å². The van der Waals surface area contributed by atoms with Crippen LogP contribution in [0.25, 0.3) is 0 Å². The lowest BCUT2D eigenvalue weighted by Crippen LogP contribution is -2.38. The summed E-state index contributed by atoms with van der Waals surface area (Å²) < 4.78 is 0. The smallest absolute Gasteiger partial charge is 0.137 e. The maximum Gasteiger partial charge on any atom is 0.137 e. The lowest BCUT2D eigenvalue weighted by atomic mass is 10.2. The van der Waals surface area contributed by atoms with Gasteiger partial charge in [0.1, 0.15) is 17.5 Å². The van der Waals surface area contributed by atoms with Crippen LogP contribution in [0.5, 0.6) is 0 Å². The van der Waals surface area contributed by atoms with E-state index in [1.807, 2.05) is 0 Å². The van der Waals surface area contributed by atoms with E-state index in [4.69, 9.17) is 4.98 Å². The third-order valence-corrected chi connectivity index (χ3v) is 4.66. The largest absolute Gasteiger partial charge is 0.370 e. The van der Waals surface area contributed by atoms with E-state index < -0.39 is 0 Å². The van der Waals surface area contributed by atoms with Gasteiger partial charge in [0.05, 0.1) is 0 Å². The number of hydrogen-bond acceptors (Lipinski definition) is 5. The Kier molecular flexibility index (Phi) is 5.52. The molecule has 20 heavy (non-hydrogen) atoms. The highest BCUT2D eigenvalue weighted by Gasteiger charge is 2.21. The van der Waals surface area contributed by atoms with Crippen molar-refractivity contribution in [1.82, 2.24) is 9.97 Å². The maximum absolute atomic E-state index is 4.83. The zero-order valence-corrected chi connectivity index (χ0v) is 13.9. The number of aromatic nitrogens is 2. The van der Waals surface area contributed by atoms with Crippen molar-refractivity contribution < 1.29 is 0 Å². The average Bonchev–Trinajstić information content (AvgIpc) is 2.43. The number of hydrogen-bond donors (Lipinski definition) is 1. The predicted molar refractivity (Wildman–Crippen MR) is 89.1 cm³/mol. The number of rotatable bonds is 5. The molecule has 1 N–H and O–H groups in total. The van der Waals surface area contributed by atoms with Crippen molar-refractivity contribution >= 4 is 23.4 Å². The summed E-state index contributed by atoms with van der Waals surface area (Å²) in [7, 11) is 0. The van der Waals surface area contributed by atoms with E-state index in [-0.39, 0.29) is 0 Å². The van der Waals surface area contributed by atoms with E-state index in [1.54, 1.807) is 0 Å². The third-order valence-electron chi connectivity index (χ3n) is 3.52. The van der Waals surface area contributed by atoms with Gasteiger partial charge in [-0.2, -0.15) is 11.8 Å². The van der Waals surface area contributed by atoms with Gasteiger partial charge in [-0.25, -0.2) is 9.97 Å². The van der Waals surface area contributed by atoms with Crippen molar-refractivity contribution in [2.24, 2.45) is 0 Å². The van der Waals surface area contributed by atoms with Gasteiger partial charge < -0.3 is 10.2 Å². The molecule has 112 valence electrons. The summed E-state index contributed by atoms with van der Waals surface area (Å²) >= 11 is 2.05. The van der Waals surface area contributed by atoms with E-state index in [0.29, 0.717) is 5.25 Å². The molecule has 1 aromatic heterocycles. The molecule has 0 bridgehead atoms. The highest BCUT2D eigenvalue weighted by atomic mass is 32.2. The van der Waals surface area contributed by atoms with Crippen LogP contribution in [0.15, 0.2) is 0 Å². The molecule has 0 radical (unpaired) electrons. The van der Waals surface area contributed by atoms with Crippen LogP contribution in [-0.4, -0.2) is 40.6 Å². The lowest BCUT2D eigenvalue weighted by molar-refractivity contribution is 0.748. The monoisotopic (exact) mass is 294 g/mol. The topological polar surface area (TPSA) is 41.1 Å². The summed E-state index contributed by atoms with van der Waals surface area (Å²) in [5, 5.41) is 4.06. The molecule has 1 fully saturated rings. The van der Waals surface area contributed by atoms with E-state index in [1.165, 1.54) is 11.3 Å². The highest BCUT2D eigenvalue weighted by Crippen LogP contribution is 2.28. The van der Waals surface area contributed by atoms with Crippen LogP contribution in [0.3, 0.4) is 0 Å². The molecule has 0 aliphatic carbocycles. The molecule has 1 aliphatic rings. The van der Waals surface area contributed by atoms with Crippen LogP contribution in [0, 0.1) is 6.92 Å². The first-order valence-corrected chi connectivity index (χ1v) is 8.68. The second-order valence-electron chi connectivity index (χ2n) is 5.34. The van der Waals surface area contributed by atoms with Crippen molar-refractivity contribution in [2.75, 3.05) is 35.6 Å². The van der Waals surface area contributed by atoms with Gasteiger partial charge in [-0.3, -0.25) is 0 Å². The van der Waals surface area contributed by atoms with Gasteiger partial charge in [0.25, 0.3) is 0 Å². The van der Waals surface area contributed by atoms with Crippen molar-refractivity contribution in [3.63, 3.8) is 0 Å². The first kappa shape index (κ1) is 15.4. The van der Waals surface area contributed by atoms with Crippen LogP contribution in [0.1, 0.15) is 38.6 Å². The summed E-state index contributed by atoms with van der Waals surface area (Å²) in [6.45, 7) is 11.8. The van der Waals surface area contributed by atoms with Crippen LogP contribution in [-0.2, 0) is 6.42 Å². The summed E-state index contributed by atoms with van der Waals surface area (Å²) in [6.07, 6.45) is 2.03. The van der Waals surface area contributed by atoms with Gasteiger partial charge in [0, 0.05) is 42.6 Å². The van der Waals surface area contributed by atoms with Gasteiger partial charge in [-0.15, -0.1) is 0 Å². The van der Waals surface area contributed by atoms with Crippen LogP contribution < -0.4 is 10.2 Å². The van der Waals surface area contributed by atoms with Crippen molar-refractivity contribution in [2.45, 2.75) is 45.8 Å². The first-order valence-electron chi connectivity index (χ1n) is 7.63. The Morgan fingerprint density at radius 3 is 2.80 bits per heavy atom. The molecule has 1 aromatic rings. The highest BCUT2D eigenvalue weighted by molar-refractivity contribution is 8.00. The second kappa shape index (κ2) is 7.16. The van der Waals surface area contributed by atoms with Crippen LogP contribution in [0.4, 0.5) is 11.6 Å². The molecule has 0 saturated carbocycles. The summed E-state index contributed by atoms with van der Waals surface area (Å²) in [5.74, 6) is 4.29. The van der Waals surface area contributed by atoms with E-state index in [2.05, 4.69) is 54.7 Å². The predicted octanol–water partition coefficient (Wildman–Crippen LogP) is 3.11. The Hall–Kier alpha value is -0.970. The standard InChI is InChI=1S/C15H26N4S/c1-5-7-13-17-14(16-6-2)12(4)15(18-13)19-8-9-20-11(3)10-19/h11H,5-10H2,1-4H3,(H,16,17,18). The Labute approximate surface area is 126 Å². The molecule has 0 aromatic carbocycles. The number of anilines is 2. The van der Waals surface area contributed by atoms with E-state index in [0.717, 1.165) is 49.9 Å². The minimum Gasteiger partial charge on any atom is -0.370 e.